The number of carbonyl (C=O) groups excluding carboxylic acids is 1. The Labute approximate surface area is 159 Å². The van der Waals surface area contributed by atoms with Gasteiger partial charge in [-0.2, -0.15) is 0 Å². The Balaban J connectivity index is 2.54. The molecular weight excluding hydrogens is 364 g/mol. The summed E-state index contributed by atoms with van der Waals surface area (Å²) in [6.07, 6.45) is 4.16. The van der Waals surface area contributed by atoms with Gasteiger partial charge in [0.15, 0.2) is 0 Å². The molecule has 0 atom stereocenters. The quantitative estimate of drug-likeness (QED) is 0.391. The Bertz CT molecular complexity index is 974. The Morgan fingerprint density at radius 1 is 0.963 bits per heavy atom. The number of hydrogen-bond donors (Lipinski definition) is 0. The molecule has 0 spiro atoms. The first kappa shape index (κ1) is 20.5. The second-order valence-electron chi connectivity index (χ2n) is 5.83. The molecule has 0 bridgehead atoms. The van der Waals surface area contributed by atoms with Gasteiger partial charge in [0, 0.05) is 6.92 Å². The predicted molar refractivity (Wildman–Crippen MR) is 104 cm³/mol. The van der Waals surface area contributed by atoms with Crippen LogP contribution in [0.4, 0.5) is 0 Å². The summed E-state index contributed by atoms with van der Waals surface area (Å²) in [4.78, 5) is 11.5. The summed E-state index contributed by atoms with van der Waals surface area (Å²) in [7, 11) is -2.22. The first-order chi connectivity index (χ1) is 12.8. The summed E-state index contributed by atoms with van der Waals surface area (Å²) in [5.74, 6) is 0.454. The Morgan fingerprint density at radius 2 is 1.44 bits per heavy atom. The SMILES string of the molecule is C=CCc1cc(S(=O)(=O)c2ccc(OC(C)=O)c(CC=C)c2)ccc1OC. The fourth-order valence-electron chi connectivity index (χ4n) is 2.67. The van der Waals surface area contributed by atoms with Crippen molar-refractivity contribution < 1.29 is 22.7 Å². The van der Waals surface area contributed by atoms with Crippen LogP contribution in [0.2, 0.25) is 0 Å². The summed E-state index contributed by atoms with van der Waals surface area (Å²) < 4.78 is 36.6. The van der Waals surface area contributed by atoms with Gasteiger partial charge in [-0.15, -0.1) is 13.2 Å². The third kappa shape index (κ3) is 4.65. The molecule has 2 rings (SSSR count). The van der Waals surface area contributed by atoms with Crippen LogP contribution in [0.25, 0.3) is 0 Å². The Hall–Kier alpha value is -2.86. The van der Waals surface area contributed by atoms with Crippen LogP contribution in [0.15, 0.2) is 71.5 Å². The monoisotopic (exact) mass is 386 g/mol. The van der Waals surface area contributed by atoms with Gasteiger partial charge in [0.25, 0.3) is 0 Å². The first-order valence-corrected chi connectivity index (χ1v) is 9.77. The molecule has 5 nitrogen and oxygen atoms in total. The van der Waals surface area contributed by atoms with Crippen LogP contribution >= 0.6 is 0 Å². The van der Waals surface area contributed by atoms with E-state index in [0.717, 1.165) is 5.56 Å². The van der Waals surface area contributed by atoms with E-state index in [-0.39, 0.29) is 9.79 Å². The molecule has 0 aromatic heterocycles. The maximum Gasteiger partial charge on any atom is 0.308 e. The van der Waals surface area contributed by atoms with E-state index in [2.05, 4.69) is 13.2 Å². The van der Waals surface area contributed by atoms with Crippen molar-refractivity contribution in [2.45, 2.75) is 29.6 Å². The topological polar surface area (TPSA) is 69.7 Å². The molecule has 0 radical (unpaired) electrons. The summed E-state index contributed by atoms with van der Waals surface area (Å²) in [6.45, 7) is 8.65. The third-order valence-corrected chi connectivity index (χ3v) is 5.64. The molecule has 0 fully saturated rings. The van der Waals surface area contributed by atoms with E-state index < -0.39 is 15.8 Å². The largest absolute Gasteiger partial charge is 0.496 e. The van der Waals surface area contributed by atoms with Crippen molar-refractivity contribution in [3.63, 3.8) is 0 Å². The van der Waals surface area contributed by atoms with E-state index in [0.29, 0.717) is 29.9 Å². The van der Waals surface area contributed by atoms with Crippen molar-refractivity contribution in [3.05, 3.63) is 72.8 Å². The lowest BCUT2D eigenvalue weighted by Crippen LogP contribution is -2.07. The van der Waals surface area contributed by atoms with Crippen LogP contribution in [-0.2, 0) is 27.5 Å². The van der Waals surface area contributed by atoms with E-state index in [1.165, 1.54) is 38.3 Å². The molecule has 0 aliphatic rings. The van der Waals surface area contributed by atoms with Gasteiger partial charge < -0.3 is 9.47 Å². The minimum atomic E-state index is -3.76. The van der Waals surface area contributed by atoms with Gasteiger partial charge in [-0.3, -0.25) is 4.79 Å². The molecule has 0 aliphatic carbocycles. The van der Waals surface area contributed by atoms with E-state index in [1.807, 2.05) is 0 Å². The minimum Gasteiger partial charge on any atom is -0.496 e. The molecule has 27 heavy (non-hydrogen) atoms. The third-order valence-electron chi connectivity index (χ3n) is 3.89. The number of sulfone groups is 1. The normalized spacial score (nSPS) is 10.9. The molecule has 6 heteroatoms. The van der Waals surface area contributed by atoms with Crippen LogP contribution in [0.5, 0.6) is 11.5 Å². The number of methoxy groups -OCH3 is 1. The number of allylic oxidation sites excluding steroid dienone is 2. The first-order valence-electron chi connectivity index (χ1n) is 8.28. The fraction of sp³-hybridized carbons (Fsp3) is 0.190. The average Bonchev–Trinajstić information content (AvgIpc) is 2.63. The molecule has 0 aliphatic heterocycles. The number of rotatable bonds is 8. The summed E-state index contributed by atoms with van der Waals surface area (Å²) >= 11 is 0. The highest BCUT2D eigenvalue weighted by atomic mass is 32.2. The lowest BCUT2D eigenvalue weighted by molar-refractivity contribution is -0.131. The van der Waals surface area contributed by atoms with Gasteiger partial charge in [0.1, 0.15) is 11.5 Å². The average molecular weight is 386 g/mol. The highest BCUT2D eigenvalue weighted by Gasteiger charge is 2.21. The predicted octanol–water partition coefficient (Wildman–Crippen LogP) is 3.91. The number of hydrogen-bond acceptors (Lipinski definition) is 5. The second-order valence-corrected chi connectivity index (χ2v) is 7.78. The zero-order chi connectivity index (χ0) is 20.0. The molecular formula is C21H22O5S. The lowest BCUT2D eigenvalue weighted by Gasteiger charge is -2.13. The summed E-state index contributed by atoms with van der Waals surface area (Å²) in [6, 6.07) is 9.14. The molecule has 0 unspecified atom stereocenters. The van der Waals surface area contributed by atoms with Crippen molar-refractivity contribution in [1.82, 2.24) is 0 Å². The molecule has 0 amide bonds. The van der Waals surface area contributed by atoms with Gasteiger partial charge in [0.2, 0.25) is 9.84 Å². The second kappa shape index (κ2) is 8.68. The molecule has 0 N–H and O–H groups in total. The molecule has 0 saturated heterocycles. The minimum absolute atomic E-state index is 0.116. The zero-order valence-corrected chi connectivity index (χ0v) is 16.2. The Kier molecular flexibility index (Phi) is 6.58. The van der Waals surface area contributed by atoms with Gasteiger partial charge >= 0.3 is 5.97 Å². The highest BCUT2D eigenvalue weighted by Crippen LogP contribution is 2.30. The molecule has 2 aromatic rings. The fourth-order valence-corrected chi connectivity index (χ4v) is 4.03. The van der Waals surface area contributed by atoms with Crippen molar-refractivity contribution in [1.29, 1.82) is 0 Å². The molecule has 0 saturated carbocycles. The zero-order valence-electron chi connectivity index (χ0n) is 15.4. The highest BCUT2D eigenvalue weighted by molar-refractivity contribution is 7.91. The van der Waals surface area contributed by atoms with Crippen molar-refractivity contribution in [2.75, 3.05) is 7.11 Å². The van der Waals surface area contributed by atoms with Gasteiger partial charge in [-0.05, 0) is 60.4 Å². The van der Waals surface area contributed by atoms with Crippen molar-refractivity contribution >= 4 is 15.8 Å². The van der Waals surface area contributed by atoms with Crippen LogP contribution in [0, 0.1) is 0 Å². The van der Waals surface area contributed by atoms with E-state index >= 15 is 0 Å². The van der Waals surface area contributed by atoms with Crippen LogP contribution in [0.3, 0.4) is 0 Å². The summed E-state index contributed by atoms with van der Waals surface area (Å²) in [5, 5.41) is 0. The maximum absolute atomic E-state index is 13.1. The standard InChI is InChI=1S/C21H22O5S/c1-5-7-16-13-18(9-11-20(16)25-4)27(23,24)19-10-12-21(26-15(3)22)17(14-19)8-6-2/h5-6,9-14H,1-2,7-8H2,3-4H3. The maximum atomic E-state index is 13.1. The van der Waals surface area contributed by atoms with E-state index in [4.69, 9.17) is 9.47 Å². The summed E-state index contributed by atoms with van der Waals surface area (Å²) in [5.41, 5.74) is 1.30. The van der Waals surface area contributed by atoms with Gasteiger partial charge in [-0.25, -0.2) is 8.42 Å². The number of ether oxygens (including phenoxy) is 2. The van der Waals surface area contributed by atoms with E-state index in [9.17, 15) is 13.2 Å². The van der Waals surface area contributed by atoms with E-state index in [1.54, 1.807) is 24.3 Å². The lowest BCUT2D eigenvalue weighted by atomic mass is 10.1. The number of esters is 1. The Morgan fingerprint density at radius 3 is 1.89 bits per heavy atom. The van der Waals surface area contributed by atoms with Gasteiger partial charge in [-0.1, -0.05) is 12.2 Å². The molecule has 0 heterocycles. The number of carbonyl (C=O) groups is 1. The smallest absolute Gasteiger partial charge is 0.308 e. The van der Waals surface area contributed by atoms with Crippen LogP contribution in [0.1, 0.15) is 18.1 Å². The van der Waals surface area contributed by atoms with Crippen LogP contribution in [-0.4, -0.2) is 21.5 Å². The number of benzene rings is 2. The van der Waals surface area contributed by atoms with Crippen LogP contribution < -0.4 is 9.47 Å². The van der Waals surface area contributed by atoms with Crippen molar-refractivity contribution in [3.8, 4) is 11.5 Å². The van der Waals surface area contributed by atoms with Crippen molar-refractivity contribution in [2.24, 2.45) is 0 Å². The molecule has 142 valence electrons. The molecule has 2 aromatic carbocycles. The van der Waals surface area contributed by atoms with Gasteiger partial charge in [0.05, 0.1) is 16.9 Å².